The summed E-state index contributed by atoms with van der Waals surface area (Å²) in [6.07, 6.45) is 0.141. The van der Waals surface area contributed by atoms with Crippen molar-refractivity contribution in [1.82, 2.24) is 4.72 Å². The highest BCUT2D eigenvalue weighted by Gasteiger charge is 2.26. The molecule has 1 aromatic heterocycles. The molecular weight excluding hydrogens is 366 g/mol. The molecule has 1 aromatic carbocycles. The van der Waals surface area contributed by atoms with Gasteiger partial charge >= 0.3 is 5.97 Å². The summed E-state index contributed by atoms with van der Waals surface area (Å²) < 4.78 is 20.4. The van der Waals surface area contributed by atoms with Crippen molar-refractivity contribution < 1.29 is 13.7 Å². The van der Waals surface area contributed by atoms with Crippen LogP contribution in [0.25, 0.3) is 11.1 Å². The highest BCUT2D eigenvalue weighted by Crippen LogP contribution is 2.30. The maximum atomic E-state index is 12.6. The van der Waals surface area contributed by atoms with Gasteiger partial charge in [0.15, 0.2) is 0 Å². The summed E-state index contributed by atoms with van der Waals surface area (Å²) in [6, 6.07) is 7.68. The van der Waals surface area contributed by atoms with Crippen molar-refractivity contribution in [2.75, 3.05) is 6.61 Å². The molecule has 0 amide bonds. The van der Waals surface area contributed by atoms with E-state index in [9.17, 15) is 9.00 Å². The average molecular weight is 394 g/mol. The molecule has 0 aliphatic carbocycles. The third-order valence-electron chi connectivity index (χ3n) is 3.94. The van der Waals surface area contributed by atoms with Crippen LogP contribution in [0, 0.1) is 6.92 Å². The molecule has 0 aliphatic heterocycles. The normalized spacial score (nSPS) is 14.0. The molecule has 0 saturated carbocycles. The van der Waals surface area contributed by atoms with Crippen molar-refractivity contribution in [3.8, 4) is 11.1 Å². The monoisotopic (exact) mass is 393 g/mol. The fourth-order valence-electron chi connectivity index (χ4n) is 2.50. The summed E-state index contributed by atoms with van der Waals surface area (Å²) >= 11 is 1.67. The first-order valence-corrected chi connectivity index (χ1v) is 10.8. The SMILES string of the molecule is CCOC(=O)C[C@H](N[S@](=O)C(C)(C)C)c1cccc(-c2cscc2C)c1. The Bertz CT molecular complexity index is 777. The Balaban J connectivity index is 2.33. The minimum atomic E-state index is -1.29. The van der Waals surface area contributed by atoms with Crippen LogP contribution in [0.2, 0.25) is 0 Å². The third-order valence-corrected chi connectivity index (χ3v) is 6.41. The summed E-state index contributed by atoms with van der Waals surface area (Å²) in [5.41, 5.74) is 4.43. The standard InChI is InChI=1S/C20H27NO3S2/c1-6-24-19(22)11-18(21-26(23)20(3,4)5)16-9-7-8-15(10-16)17-13-25-12-14(17)2/h7-10,12-13,18,21H,6,11H2,1-5H3/t18-,26+/m0/s1. The largest absolute Gasteiger partial charge is 0.466 e. The van der Waals surface area contributed by atoms with Crippen LogP contribution in [0.5, 0.6) is 0 Å². The zero-order valence-corrected chi connectivity index (χ0v) is 17.6. The highest BCUT2D eigenvalue weighted by molar-refractivity contribution is 7.84. The van der Waals surface area contributed by atoms with Gasteiger partial charge in [-0.1, -0.05) is 18.2 Å². The Hall–Kier alpha value is -1.50. The number of thiophene rings is 1. The van der Waals surface area contributed by atoms with Crippen molar-refractivity contribution in [3.63, 3.8) is 0 Å². The lowest BCUT2D eigenvalue weighted by Gasteiger charge is -2.24. The van der Waals surface area contributed by atoms with E-state index in [1.54, 1.807) is 18.3 Å². The molecule has 4 nitrogen and oxygen atoms in total. The van der Waals surface area contributed by atoms with Gasteiger partial charge in [0.05, 0.1) is 34.8 Å². The Morgan fingerprint density at radius 1 is 1.31 bits per heavy atom. The number of esters is 1. The fraction of sp³-hybridized carbons (Fsp3) is 0.450. The van der Waals surface area contributed by atoms with E-state index < -0.39 is 15.7 Å². The van der Waals surface area contributed by atoms with Crippen molar-refractivity contribution >= 4 is 28.3 Å². The van der Waals surface area contributed by atoms with Crippen molar-refractivity contribution in [2.45, 2.75) is 51.8 Å². The van der Waals surface area contributed by atoms with Crippen molar-refractivity contribution in [2.24, 2.45) is 0 Å². The van der Waals surface area contributed by atoms with E-state index in [1.807, 2.05) is 32.9 Å². The maximum Gasteiger partial charge on any atom is 0.307 e. The number of carbonyl (C=O) groups is 1. The van der Waals surface area contributed by atoms with E-state index in [0.717, 1.165) is 11.1 Å². The molecule has 6 heteroatoms. The van der Waals surface area contributed by atoms with Gasteiger partial charge in [-0.3, -0.25) is 4.79 Å². The molecule has 2 rings (SSSR count). The lowest BCUT2D eigenvalue weighted by molar-refractivity contribution is -0.143. The summed E-state index contributed by atoms with van der Waals surface area (Å²) in [6.45, 7) is 9.92. The van der Waals surface area contributed by atoms with Crippen LogP contribution in [-0.4, -0.2) is 21.5 Å². The zero-order chi connectivity index (χ0) is 19.3. The zero-order valence-electron chi connectivity index (χ0n) is 16.0. The molecule has 0 bridgehead atoms. The van der Waals surface area contributed by atoms with E-state index in [0.29, 0.717) is 6.61 Å². The van der Waals surface area contributed by atoms with Crippen LogP contribution in [0.3, 0.4) is 0 Å². The Morgan fingerprint density at radius 2 is 2.04 bits per heavy atom. The smallest absolute Gasteiger partial charge is 0.307 e. The van der Waals surface area contributed by atoms with Crippen LogP contribution in [-0.2, 0) is 20.5 Å². The molecule has 0 spiro atoms. The fourth-order valence-corrected chi connectivity index (χ4v) is 4.19. The number of nitrogens with one attached hydrogen (secondary N) is 1. The van der Waals surface area contributed by atoms with Crippen molar-refractivity contribution in [3.05, 3.63) is 46.2 Å². The second-order valence-electron chi connectivity index (χ2n) is 7.15. The molecule has 0 radical (unpaired) electrons. The third kappa shape index (κ3) is 5.50. The van der Waals surface area contributed by atoms with Gasteiger partial charge < -0.3 is 4.74 Å². The molecule has 142 valence electrons. The molecular formula is C20H27NO3S2. The molecule has 0 saturated heterocycles. The lowest BCUT2D eigenvalue weighted by Crippen LogP contribution is -2.36. The van der Waals surface area contributed by atoms with Gasteiger partial charge in [-0.2, -0.15) is 11.3 Å². The molecule has 1 heterocycles. The number of carbonyl (C=O) groups excluding carboxylic acids is 1. The molecule has 26 heavy (non-hydrogen) atoms. The molecule has 2 aromatic rings. The Kier molecular flexibility index (Phi) is 7.15. The lowest BCUT2D eigenvalue weighted by atomic mass is 9.98. The molecule has 0 fully saturated rings. The summed E-state index contributed by atoms with van der Waals surface area (Å²) in [5, 5.41) is 4.24. The minimum absolute atomic E-state index is 0.141. The van der Waals surface area contributed by atoms with Crippen molar-refractivity contribution in [1.29, 1.82) is 0 Å². The van der Waals surface area contributed by atoms with E-state index in [4.69, 9.17) is 4.74 Å². The molecule has 1 N–H and O–H groups in total. The van der Waals surface area contributed by atoms with Crippen LogP contribution < -0.4 is 4.72 Å². The van der Waals surface area contributed by atoms with Crippen LogP contribution in [0.1, 0.15) is 51.3 Å². The van der Waals surface area contributed by atoms with E-state index >= 15 is 0 Å². The van der Waals surface area contributed by atoms with Gasteiger partial charge in [0.1, 0.15) is 0 Å². The van der Waals surface area contributed by atoms with Gasteiger partial charge in [-0.15, -0.1) is 0 Å². The number of rotatable bonds is 7. The minimum Gasteiger partial charge on any atom is -0.466 e. The first-order chi connectivity index (χ1) is 12.2. The number of ether oxygens (including phenoxy) is 1. The van der Waals surface area contributed by atoms with E-state index in [1.165, 1.54) is 11.1 Å². The topological polar surface area (TPSA) is 55.4 Å². The summed E-state index contributed by atoms with van der Waals surface area (Å²) in [5.74, 6) is -0.298. The summed E-state index contributed by atoms with van der Waals surface area (Å²) in [4.78, 5) is 12.1. The van der Waals surface area contributed by atoms with Gasteiger partial charge in [-0.25, -0.2) is 8.93 Å². The first-order valence-electron chi connectivity index (χ1n) is 8.69. The number of benzene rings is 1. The highest BCUT2D eigenvalue weighted by atomic mass is 32.2. The predicted molar refractivity (Wildman–Crippen MR) is 110 cm³/mol. The summed E-state index contributed by atoms with van der Waals surface area (Å²) in [7, 11) is -1.29. The Labute approximate surface area is 162 Å². The first kappa shape index (κ1) is 20.8. The van der Waals surface area contributed by atoms with E-state index in [2.05, 4.69) is 34.5 Å². The van der Waals surface area contributed by atoms with Gasteiger partial charge in [-0.05, 0) is 73.7 Å². The van der Waals surface area contributed by atoms with Crippen LogP contribution in [0.4, 0.5) is 0 Å². The van der Waals surface area contributed by atoms with Gasteiger partial charge in [0, 0.05) is 0 Å². The van der Waals surface area contributed by atoms with Gasteiger partial charge in [0.25, 0.3) is 0 Å². The van der Waals surface area contributed by atoms with Crippen LogP contribution >= 0.6 is 11.3 Å². The second kappa shape index (κ2) is 8.93. The predicted octanol–water partition coefficient (Wildman–Crippen LogP) is 4.77. The quantitative estimate of drug-likeness (QED) is 0.690. The number of hydrogen-bond acceptors (Lipinski definition) is 4. The van der Waals surface area contributed by atoms with Crippen LogP contribution in [0.15, 0.2) is 35.0 Å². The average Bonchev–Trinajstić information content (AvgIpc) is 2.99. The number of aryl methyl sites for hydroxylation is 1. The molecule has 2 atom stereocenters. The number of hydrogen-bond donors (Lipinski definition) is 1. The second-order valence-corrected chi connectivity index (χ2v) is 9.90. The Morgan fingerprint density at radius 3 is 2.62 bits per heavy atom. The van der Waals surface area contributed by atoms with E-state index in [-0.39, 0.29) is 18.4 Å². The molecule has 0 aliphatic rings. The molecule has 0 unspecified atom stereocenters. The van der Waals surface area contributed by atoms with Gasteiger partial charge in [0.2, 0.25) is 0 Å². The maximum absolute atomic E-state index is 12.6.